The van der Waals surface area contributed by atoms with Gasteiger partial charge in [-0.05, 0) is 35.4 Å². The van der Waals surface area contributed by atoms with Gasteiger partial charge in [-0.25, -0.2) is 9.13 Å². The summed E-state index contributed by atoms with van der Waals surface area (Å²) in [7, 11) is 8.25. The highest BCUT2D eigenvalue weighted by Crippen LogP contribution is 2.13. The van der Waals surface area contributed by atoms with E-state index in [0.717, 1.165) is 13.1 Å². The Morgan fingerprint density at radius 2 is 0.816 bits per heavy atom. The highest BCUT2D eigenvalue weighted by Gasteiger charge is 2.04. The van der Waals surface area contributed by atoms with E-state index < -0.39 is 0 Å². The Hall–Kier alpha value is -4.44. The third-order valence-electron chi connectivity index (χ3n) is 6.38. The van der Waals surface area contributed by atoms with Crippen molar-refractivity contribution in [2.24, 2.45) is 0 Å². The highest BCUT2D eigenvalue weighted by molar-refractivity contribution is 5.52. The number of hydrogen-bond acceptors (Lipinski definition) is 2. The van der Waals surface area contributed by atoms with Crippen LogP contribution >= 0.6 is 0 Å². The number of rotatable bonds is 10. The van der Waals surface area contributed by atoms with Crippen LogP contribution in [0.4, 0.5) is 11.4 Å². The van der Waals surface area contributed by atoms with Gasteiger partial charge in [0.15, 0.2) is 37.9 Å². The van der Waals surface area contributed by atoms with Gasteiger partial charge in [-0.3, -0.25) is 0 Å². The number of anilines is 2. The normalized spacial score (nSPS) is 11.6. The summed E-state index contributed by atoms with van der Waals surface area (Å²) in [6, 6.07) is 26.0. The van der Waals surface area contributed by atoms with Gasteiger partial charge in [-0.2, -0.15) is 0 Å². The zero-order valence-corrected chi connectivity index (χ0v) is 22.9. The van der Waals surface area contributed by atoms with Crippen LogP contribution in [0.1, 0.15) is 22.3 Å². The monoisotopic (exact) mass is 502 g/mol. The molecule has 0 saturated heterocycles. The van der Waals surface area contributed by atoms with Crippen molar-refractivity contribution in [3.8, 4) is 0 Å². The van der Waals surface area contributed by atoms with Crippen molar-refractivity contribution in [3.05, 3.63) is 144 Å². The number of benzene rings is 2. The molecular formula is C34H38N4+2. The highest BCUT2D eigenvalue weighted by atomic mass is 15.1. The molecule has 0 fully saturated rings. The van der Waals surface area contributed by atoms with Gasteiger partial charge >= 0.3 is 0 Å². The van der Waals surface area contributed by atoms with Crippen molar-refractivity contribution in [2.45, 2.75) is 13.1 Å². The molecule has 0 unspecified atom stereocenters. The molecule has 2 heterocycles. The molecule has 192 valence electrons. The van der Waals surface area contributed by atoms with Gasteiger partial charge in [-0.15, -0.1) is 0 Å². The number of nitrogens with zero attached hydrogens (tertiary/aromatic N) is 4. The van der Waals surface area contributed by atoms with Crippen LogP contribution in [-0.4, -0.2) is 28.2 Å². The molecule has 0 aliphatic rings. The minimum atomic E-state index is 0.867. The second-order valence-corrected chi connectivity index (χ2v) is 9.83. The summed E-state index contributed by atoms with van der Waals surface area (Å²) in [5.74, 6) is 0. The number of hydrogen-bond donors (Lipinski definition) is 0. The summed E-state index contributed by atoms with van der Waals surface area (Å²) < 4.78 is 4.40. The molecule has 0 atom stereocenters. The fourth-order valence-electron chi connectivity index (χ4n) is 4.05. The van der Waals surface area contributed by atoms with Gasteiger partial charge in [0, 0.05) is 75.0 Å². The molecule has 0 aliphatic heterocycles. The predicted octanol–water partition coefficient (Wildman–Crippen LogP) is 5.77. The molecule has 0 radical (unpaired) electrons. The Bertz CT molecular complexity index is 1250. The van der Waals surface area contributed by atoms with Crippen molar-refractivity contribution < 1.29 is 9.13 Å². The van der Waals surface area contributed by atoms with Crippen LogP contribution in [0, 0.1) is 0 Å². The first kappa shape index (κ1) is 26.6. The van der Waals surface area contributed by atoms with E-state index >= 15 is 0 Å². The summed E-state index contributed by atoms with van der Waals surface area (Å²) in [5, 5.41) is 0. The molecule has 0 N–H and O–H groups in total. The average Bonchev–Trinajstić information content (AvgIpc) is 2.93. The third kappa shape index (κ3) is 8.04. The van der Waals surface area contributed by atoms with Crippen molar-refractivity contribution in [1.82, 2.24) is 0 Å². The standard InChI is InChI=1S/C34H38N4/c1-35(2)33-15-11-31(12-16-33)27-37-23-19-29(20-24-37)9-7-5-6-8-10-30-21-25-38(26-22-30)28-32-13-17-34(18-14-32)36(3)4/h5-26H,27-28H2,1-4H3/q+2. The van der Waals surface area contributed by atoms with Crippen LogP contribution < -0.4 is 18.9 Å². The Kier molecular flexibility index (Phi) is 9.25. The molecule has 4 rings (SSSR count). The van der Waals surface area contributed by atoms with Crippen LogP contribution in [0.5, 0.6) is 0 Å². The fraction of sp³-hybridized carbons (Fsp3) is 0.176. The van der Waals surface area contributed by atoms with E-state index in [9.17, 15) is 0 Å². The Balaban J connectivity index is 1.23. The second-order valence-electron chi connectivity index (χ2n) is 9.83. The molecule has 2 aromatic carbocycles. The average molecular weight is 503 g/mol. The molecular weight excluding hydrogens is 464 g/mol. The lowest BCUT2D eigenvalue weighted by Gasteiger charge is -2.11. The summed E-state index contributed by atoms with van der Waals surface area (Å²) in [5.41, 5.74) is 7.39. The lowest BCUT2D eigenvalue weighted by Crippen LogP contribution is -2.33. The topological polar surface area (TPSA) is 14.2 Å². The second kappa shape index (κ2) is 13.2. The zero-order chi connectivity index (χ0) is 26.7. The molecule has 0 saturated carbocycles. The first-order valence-electron chi connectivity index (χ1n) is 13.0. The molecule has 4 nitrogen and oxygen atoms in total. The van der Waals surface area contributed by atoms with E-state index in [-0.39, 0.29) is 0 Å². The van der Waals surface area contributed by atoms with Crippen LogP contribution in [0.25, 0.3) is 12.2 Å². The van der Waals surface area contributed by atoms with Crippen molar-refractivity contribution in [3.63, 3.8) is 0 Å². The fourth-order valence-corrected chi connectivity index (χ4v) is 4.05. The van der Waals surface area contributed by atoms with Gasteiger partial charge in [0.25, 0.3) is 0 Å². The SMILES string of the molecule is CN(C)c1ccc(C[n+]2ccc(C=CC=CC=Cc3cc[n+](Cc4ccc(N(C)C)cc4)cc3)cc2)cc1. The molecule has 0 amide bonds. The molecule has 4 aromatic rings. The van der Waals surface area contributed by atoms with Crippen LogP contribution in [0.15, 0.2) is 122 Å². The minimum Gasteiger partial charge on any atom is -0.378 e. The summed E-state index contributed by atoms with van der Waals surface area (Å²) in [4.78, 5) is 4.23. The third-order valence-corrected chi connectivity index (χ3v) is 6.38. The van der Waals surface area contributed by atoms with Crippen molar-refractivity contribution in [1.29, 1.82) is 0 Å². The Morgan fingerprint density at radius 3 is 1.13 bits per heavy atom. The Labute approximate surface area is 227 Å². The lowest BCUT2D eigenvalue weighted by molar-refractivity contribution is -0.688. The van der Waals surface area contributed by atoms with E-state index in [1.54, 1.807) is 0 Å². The zero-order valence-electron chi connectivity index (χ0n) is 22.9. The smallest absolute Gasteiger partial charge is 0.173 e. The van der Waals surface area contributed by atoms with E-state index in [2.05, 4.69) is 181 Å². The molecule has 4 heteroatoms. The van der Waals surface area contributed by atoms with E-state index in [1.165, 1.54) is 33.6 Å². The molecule has 38 heavy (non-hydrogen) atoms. The van der Waals surface area contributed by atoms with E-state index in [4.69, 9.17) is 0 Å². The summed E-state index contributed by atoms with van der Waals surface area (Å²) >= 11 is 0. The largest absolute Gasteiger partial charge is 0.378 e. The maximum absolute atomic E-state index is 2.20. The Morgan fingerprint density at radius 1 is 0.474 bits per heavy atom. The first-order valence-corrected chi connectivity index (χ1v) is 13.0. The number of aromatic nitrogens is 2. The van der Waals surface area contributed by atoms with Gasteiger partial charge < -0.3 is 9.80 Å². The van der Waals surface area contributed by atoms with Crippen molar-refractivity contribution >= 4 is 23.5 Å². The van der Waals surface area contributed by atoms with Crippen LogP contribution in [0.2, 0.25) is 0 Å². The predicted molar refractivity (Wildman–Crippen MR) is 160 cm³/mol. The quantitative estimate of drug-likeness (QED) is 0.202. The number of pyridine rings is 2. The molecule has 2 aromatic heterocycles. The minimum absolute atomic E-state index is 0.867. The maximum atomic E-state index is 2.20. The van der Waals surface area contributed by atoms with Crippen LogP contribution in [-0.2, 0) is 13.1 Å². The first-order chi connectivity index (χ1) is 18.5. The summed E-state index contributed by atoms with van der Waals surface area (Å²) in [6.07, 6.45) is 21.0. The van der Waals surface area contributed by atoms with E-state index in [1.807, 2.05) is 0 Å². The van der Waals surface area contributed by atoms with Crippen LogP contribution in [0.3, 0.4) is 0 Å². The molecule has 0 spiro atoms. The van der Waals surface area contributed by atoms with Gasteiger partial charge in [0.05, 0.1) is 0 Å². The van der Waals surface area contributed by atoms with Crippen molar-refractivity contribution in [2.75, 3.05) is 38.0 Å². The lowest BCUT2D eigenvalue weighted by atomic mass is 10.2. The van der Waals surface area contributed by atoms with Gasteiger partial charge in [0.2, 0.25) is 0 Å². The molecule has 0 aliphatic carbocycles. The maximum Gasteiger partial charge on any atom is 0.173 e. The van der Waals surface area contributed by atoms with E-state index in [0.29, 0.717) is 0 Å². The summed E-state index contributed by atoms with van der Waals surface area (Å²) in [6.45, 7) is 1.73. The number of allylic oxidation sites excluding steroid dienone is 4. The molecule has 0 bridgehead atoms. The van der Waals surface area contributed by atoms with Gasteiger partial charge in [0.1, 0.15) is 0 Å². The van der Waals surface area contributed by atoms with Gasteiger partial charge in [-0.1, -0.05) is 60.7 Å².